The molecule has 9 nitrogen and oxygen atoms in total. The maximum absolute atomic E-state index is 12.4. The number of ether oxygens (including phenoxy) is 2. The van der Waals surface area contributed by atoms with Crippen molar-refractivity contribution in [1.29, 1.82) is 0 Å². The average Bonchev–Trinajstić information content (AvgIpc) is 3.13. The normalized spacial score (nSPS) is 14.9. The van der Waals surface area contributed by atoms with Crippen LogP contribution < -0.4 is 14.4 Å². The number of amides is 1. The molecule has 1 heterocycles. The van der Waals surface area contributed by atoms with Gasteiger partial charge in [-0.3, -0.25) is 15.0 Å². The molecule has 0 saturated heterocycles. The van der Waals surface area contributed by atoms with Crippen LogP contribution in [0.3, 0.4) is 0 Å². The topological polar surface area (TPSA) is 119 Å². The predicted octanol–water partition coefficient (Wildman–Crippen LogP) is 5.15. The minimum Gasteiger partial charge on any atom is -0.465 e. The lowest BCUT2D eigenvalue weighted by molar-refractivity contribution is -0.384. The van der Waals surface area contributed by atoms with Crippen LogP contribution in [0.5, 0.6) is 11.5 Å². The highest BCUT2D eigenvalue weighted by Crippen LogP contribution is 2.45. The van der Waals surface area contributed by atoms with Crippen LogP contribution in [0.1, 0.15) is 11.5 Å². The molecule has 1 N–H and O–H groups in total. The van der Waals surface area contributed by atoms with E-state index in [2.05, 4.69) is 0 Å². The van der Waals surface area contributed by atoms with E-state index in [4.69, 9.17) is 21.1 Å². The van der Waals surface area contributed by atoms with Crippen LogP contribution in [0.25, 0.3) is 10.8 Å². The molecule has 4 rings (SSSR count). The van der Waals surface area contributed by atoms with E-state index in [9.17, 15) is 24.8 Å². The van der Waals surface area contributed by atoms with Crippen molar-refractivity contribution in [1.82, 2.24) is 0 Å². The van der Waals surface area contributed by atoms with Crippen molar-refractivity contribution < 1.29 is 29.1 Å². The molecule has 0 aliphatic carbocycles. The zero-order valence-electron chi connectivity index (χ0n) is 15.9. The zero-order chi connectivity index (χ0) is 22.1. The van der Waals surface area contributed by atoms with Gasteiger partial charge in [-0.05, 0) is 23.1 Å². The fourth-order valence-corrected chi connectivity index (χ4v) is 3.90. The maximum atomic E-state index is 12.4. The van der Waals surface area contributed by atoms with Gasteiger partial charge < -0.3 is 14.6 Å². The second-order valence-electron chi connectivity index (χ2n) is 6.80. The Bertz CT molecular complexity index is 1200. The fourth-order valence-electron chi connectivity index (χ4n) is 3.65. The molecule has 0 bridgehead atoms. The number of halogens is 1. The third kappa shape index (κ3) is 3.82. The summed E-state index contributed by atoms with van der Waals surface area (Å²) in [5.74, 6) is 0.236. The Morgan fingerprint density at radius 1 is 1.13 bits per heavy atom. The van der Waals surface area contributed by atoms with Gasteiger partial charge in [-0.2, -0.15) is 0 Å². The van der Waals surface area contributed by atoms with Gasteiger partial charge in [0, 0.05) is 41.9 Å². The van der Waals surface area contributed by atoms with Gasteiger partial charge in [-0.1, -0.05) is 24.3 Å². The molecule has 1 aliphatic heterocycles. The molecule has 31 heavy (non-hydrogen) atoms. The fraction of sp³-hybridized carbons (Fsp3) is 0.143. The molecule has 1 amide bonds. The van der Waals surface area contributed by atoms with Crippen LogP contribution in [0.4, 0.5) is 21.0 Å². The van der Waals surface area contributed by atoms with Gasteiger partial charge in [0.2, 0.25) is 0 Å². The summed E-state index contributed by atoms with van der Waals surface area (Å²) in [6, 6.07) is 13.6. The van der Waals surface area contributed by atoms with E-state index in [1.54, 1.807) is 18.2 Å². The number of carbonyl (C=O) groups is 2. The number of fused-ring (bicyclic) bond motifs is 3. The van der Waals surface area contributed by atoms with Crippen LogP contribution >= 0.6 is 11.6 Å². The van der Waals surface area contributed by atoms with Crippen molar-refractivity contribution in [3.63, 3.8) is 0 Å². The largest absolute Gasteiger partial charge is 0.519 e. The number of rotatable bonds is 4. The molecule has 0 saturated carbocycles. The van der Waals surface area contributed by atoms with E-state index >= 15 is 0 Å². The number of benzene rings is 3. The number of hydrogen-bond acceptors (Lipinski definition) is 6. The number of carboxylic acid groups (broad SMARTS) is 1. The predicted molar refractivity (Wildman–Crippen MR) is 113 cm³/mol. The molecule has 0 spiro atoms. The number of hydrogen-bond donors (Lipinski definition) is 1. The first-order chi connectivity index (χ1) is 14.9. The van der Waals surface area contributed by atoms with Crippen molar-refractivity contribution in [2.45, 2.75) is 5.92 Å². The Labute approximate surface area is 180 Å². The third-order valence-electron chi connectivity index (χ3n) is 4.99. The van der Waals surface area contributed by atoms with E-state index < -0.39 is 17.2 Å². The average molecular weight is 443 g/mol. The van der Waals surface area contributed by atoms with E-state index in [1.807, 2.05) is 6.07 Å². The van der Waals surface area contributed by atoms with E-state index in [0.717, 1.165) is 10.9 Å². The molecule has 158 valence electrons. The monoisotopic (exact) mass is 442 g/mol. The Morgan fingerprint density at radius 2 is 1.81 bits per heavy atom. The molecule has 0 radical (unpaired) electrons. The van der Waals surface area contributed by atoms with Crippen LogP contribution in [-0.4, -0.2) is 34.7 Å². The van der Waals surface area contributed by atoms with Gasteiger partial charge in [0.15, 0.2) is 0 Å². The summed E-state index contributed by atoms with van der Waals surface area (Å²) in [5, 5.41) is 21.6. The van der Waals surface area contributed by atoms with Crippen molar-refractivity contribution in [2.24, 2.45) is 0 Å². The summed E-state index contributed by atoms with van der Waals surface area (Å²) >= 11 is 6.08. The maximum Gasteiger partial charge on any atom is 0.519 e. The molecule has 1 atom stereocenters. The molecule has 1 aliphatic rings. The van der Waals surface area contributed by atoms with Gasteiger partial charge in [-0.15, -0.1) is 11.6 Å². The second-order valence-corrected chi connectivity index (χ2v) is 7.11. The number of anilines is 1. The summed E-state index contributed by atoms with van der Waals surface area (Å²) in [6.45, 7) is 0.203. The van der Waals surface area contributed by atoms with Gasteiger partial charge >= 0.3 is 12.2 Å². The summed E-state index contributed by atoms with van der Waals surface area (Å²) < 4.78 is 10.5. The summed E-state index contributed by atoms with van der Waals surface area (Å²) in [5.41, 5.74) is 1.03. The lowest BCUT2D eigenvalue weighted by Crippen LogP contribution is -2.28. The van der Waals surface area contributed by atoms with Crippen LogP contribution in [0.2, 0.25) is 0 Å². The first kappa shape index (κ1) is 20.4. The number of nitrogens with zero attached hydrogens (tertiary/aromatic N) is 2. The summed E-state index contributed by atoms with van der Waals surface area (Å²) in [6.07, 6.45) is -2.20. The molecule has 0 fully saturated rings. The molecule has 3 aromatic rings. The van der Waals surface area contributed by atoms with Gasteiger partial charge in [-0.25, -0.2) is 9.59 Å². The van der Waals surface area contributed by atoms with Crippen LogP contribution in [0, 0.1) is 10.1 Å². The Morgan fingerprint density at radius 3 is 2.42 bits per heavy atom. The number of nitro benzene ring substituents is 1. The Balaban J connectivity index is 1.68. The quantitative estimate of drug-likeness (QED) is 0.195. The lowest BCUT2D eigenvalue weighted by atomic mass is 9.95. The molecule has 10 heteroatoms. The SMILES string of the molecule is O=C(Oc1ccc([N+](=O)[O-])cc1)Oc1cc2c(c3ccccc13)C(CCl)CN2C(=O)O. The van der Waals surface area contributed by atoms with E-state index in [-0.39, 0.29) is 35.5 Å². The van der Waals surface area contributed by atoms with E-state index in [1.165, 1.54) is 35.2 Å². The van der Waals surface area contributed by atoms with Crippen molar-refractivity contribution in [2.75, 3.05) is 17.3 Å². The second kappa shape index (κ2) is 8.11. The zero-order valence-corrected chi connectivity index (χ0v) is 16.6. The van der Waals surface area contributed by atoms with Gasteiger partial charge in [0.25, 0.3) is 5.69 Å². The Kier molecular flexibility index (Phi) is 5.35. The number of non-ortho nitro benzene ring substituents is 1. The Hall–Kier alpha value is -3.85. The molecular formula is C21H15ClN2O7. The van der Waals surface area contributed by atoms with Gasteiger partial charge in [0.1, 0.15) is 11.5 Å². The van der Waals surface area contributed by atoms with Crippen molar-refractivity contribution in [3.8, 4) is 11.5 Å². The van der Waals surface area contributed by atoms with Crippen molar-refractivity contribution in [3.05, 3.63) is 70.3 Å². The smallest absolute Gasteiger partial charge is 0.465 e. The van der Waals surface area contributed by atoms with Crippen LogP contribution in [0.15, 0.2) is 54.6 Å². The standard InChI is InChI=1S/C21H15ClN2O7/c22-10-12-11-23(20(25)26)17-9-18(15-3-1-2-4-16(15)19(12)17)31-21(27)30-14-7-5-13(6-8-14)24(28)29/h1-9,12H,10-11H2,(H,25,26). The van der Waals surface area contributed by atoms with Crippen LogP contribution in [-0.2, 0) is 0 Å². The highest BCUT2D eigenvalue weighted by molar-refractivity contribution is 6.19. The highest BCUT2D eigenvalue weighted by Gasteiger charge is 2.34. The van der Waals surface area contributed by atoms with E-state index in [0.29, 0.717) is 11.1 Å². The number of nitro groups is 1. The summed E-state index contributed by atoms with van der Waals surface area (Å²) in [7, 11) is 0. The molecule has 0 aromatic heterocycles. The molecule has 1 unspecified atom stereocenters. The molecular weight excluding hydrogens is 428 g/mol. The van der Waals surface area contributed by atoms with Gasteiger partial charge in [0.05, 0.1) is 10.6 Å². The minimum atomic E-state index is -1.14. The summed E-state index contributed by atoms with van der Waals surface area (Å²) in [4.78, 5) is 35.4. The first-order valence-corrected chi connectivity index (χ1v) is 9.68. The number of carbonyl (C=O) groups excluding carboxylic acids is 1. The number of alkyl halides is 1. The third-order valence-corrected chi connectivity index (χ3v) is 5.36. The lowest BCUT2D eigenvalue weighted by Gasteiger charge is -2.16. The van der Waals surface area contributed by atoms with Crippen molar-refractivity contribution >= 4 is 46.0 Å². The highest BCUT2D eigenvalue weighted by atomic mass is 35.5. The first-order valence-electron chi connectivity index (χ1n) is 9.15. The minimum absolute atomic E-state index is 0.0652. The molecule has 3 aromatic carbocycles.